The van der Waals surface area contributed by atoms with Gasteiger partial charge in [-0.2, -0.15) is 0 Å². The van der Waals surface area contributed by atoms with Crippen LogP contribution < -0.4 is 11.1 Å². The first-order chi connectivity index (χ1) is 9.63. The van der Waals surface area contributed by atoms with Gasteiger partial charge in [-0.25, -0.2) is 0 Å². The maximum atomic E-state index is 11.1. The van der Waals surface area contributed by atoms with E-state index in [-0.39, 0.29) is 11.9 Å². The summed E-state index contributed by atoms with van der Waals surface area (Å²) in [4.78, 5) is 11.1. The Morgan fingerprint density at radius 1 is 1.25 bits per heavy atom. The van der Waals surface area contributed by atoms with Crippen molar-refractivity contribution >= 4 is 5.91 Å². The molecular weight excluding hydrogens is 248 g/mol. The van der Waals surface area contributed by atoms with Gasteiger partial charge in [0.25, 0.3) is 0 Å². The number of carbonyl (C=O) groups is 1. The number of nitrogens with one attached hydrogen (secondary N) is 1. The molecule has 0 heterocycles. The molecule has 3 nitrogen and oxygen atoms in total. The molecule has 3 rings (SSSR count). The van der Waals surface area contributed by atoms with E-state index in [1.54, 1.807) is 0 Å². The van der Waals surface area contributed by atoms with E-state index in [1.165, 1.54) is 36.8 Å². The number of hydrogen-bond donors (Lipinski definition) is 2. The Morgan fingerprint density at radius 3 is 2.30 bits per heavy atom. The van der Waals surface area contributed by atoms with Crippen molar-refractivity contribution in [2.24, 2.45) is 17.6 Å². The molecule has 2 aliphatic rings. The first-order valence-electron chi connectivity index (χ1n) is 7.74. The summed E-state index contributed by atoms with van der Waals surface area (Å²) in [5, 5.41) is 3.69. The first-order valence-corrected chi connectivity index (χ1v) is 7.74. The van der Waals surface area contributed by atoms with Crippen LogP contribution in [0.5, 0.6) is 0 Å². The fraction of sp³-hybridized carbons (Fsp3) is 0.588. The summed E-state index contributed by atoms with van der Waals surface area (Å²) in [7, 11) is 0. The third-order valence-corrected chi connectivity index (χ3v) is 4.99. The lowest BCUT2D eigenvalue weighted by molar-refractivity contribution is -0.118. The molecule has 3 atom stereocenters. The van der Waals surface area contributed by atoms with Crippen LogP contribution in [-0.4, -0.2) is 18.0 Å². The zero-order valence-electron chi connectivity index (χ0n) is 12.1. The minimum atomic E-state index is -0.214. The normalized spacial score (nSPS) is 29.6. The average molecular weight is 272 g/mol. The molecule has 1 aromatic rings. The van der Waals surface area contributed by atoms with Crippen LogP contribution in [0.25, 0.3) is 0 Å². The Labute approximate surface area is 120 Å². The lowest BCUT2D eigenvalue weighted by Gasteiger charge is -2.27. The monoisotopic (exact) mass is 272 g/mol. The third kappa shape index (κ3) is 2.73. The predicted octanol–water partition coefficient (Wildman–Crippen LogP) is 2.03. The van der Waals surface area contributed by atoms with Crippen molar-refractivity contribution in [3.63, 3.8) is 0 Å². The molecule has 3 heteroatoms. The second-order valence-corrected chi connectivity index (χ2v) is 6.54. The highest BCUT2D eigenvalue weighted by atomic mass is 16.1. The molecule has 3 unspecified atom stereocenters. The minimum Gasteiger partial charge on any atom is -0.370 e. The van der Waals surface area contributed by atoms with Crippen LogP contribution in [0.2, 0.25) is 0 Å². The molecular formula is C17H24N2O. The van der Waals surface area contributed by atoms with Gasteiger partial charge in [0.15, 0.2) is 0 Å². The quantitative estimate of drug-likeness (QED) is 0.881. The fourth-order valence-electron chi connectivity index (χ4n) is 4.11. The number of benzene rings is 1. The SMILES string of the molecule is CC(CC(N)=O)NC1C2CCC1Cc1ccccc1C2. The van der Waals surface area contributed by atoms with Crippen LogP contribution in [0.3, 0.4) is 0 Å². The lowest BCUT2D eigenvalue weighted by atomic mass is 9.94. The Morgan fingerprint density at radius 2 is 1.80 bits per heavy atom. The van der Waals surface area contributed by atoms with Gasteiger partial charge in [0.05, 0.1) is 0 Å². The second kappa shape index (κ2) is 5.57. The van der Waals surface area contributed by atoms with Gasteiger partial charge in [-0.15, -0.1) is 0 Å². The maximum absolute atomic E-state index is 11.1. The summed E-state index contributed by atoms with van der Waals surface area (Å²) in [5.74, 6) is 1.20. The summed E-state index contributed by atoms with van der Waals surface area (Å²) in [6, 6.07) is 9.57. The number of nitrogens with two attached hydrogens (primary N) is 1. The van der Waals surface area contributed by atoms with E-state index >= 15 is 0 Å². The molecule has 3 N–H and O–H groups in total. The van der Waals surface area contributed by atoms with Crippen LogP contribution in [0.15, 0.2) is 24.3 Å². The van der Waals surface area contributed by atoms with Gasteiger partial charge in [0.1, 0.15) is 0 Å². The van der Waals surface area contributed by atoms with Crippen LogP contribution >= 0.6 is 0 Å². The van der Waals surface area contributed by atoms with Gasteiger partial charge in [-0.3, -0.25) is 4.79 Å². The van der Waals surface area contributed by atoms with Gasteiger partial charge in [0.2, 0.25) is 5.91 Å². The second-order valence-electron chi connectivity index (χ2n) is 6.54. The van der Waals surface area contributed by atoms with Crippen molar-refractivity contribution in [1.29, 1.82) is 0 Å². The van der Waals surface area contributed by atoms with E-state index < -0.39 is 0 Å². The molecule has 0 aromatic heterocycles. The van der Waals surface area contributed by atoms with E-state index in [2.05, 4.69) is 36.5 Å². The van der Waals surface area contributed by atoms with Crippen LogP contribution in [-0.2, 0) is 17.6 Å². The van der Waals surface area contributed by atoms with Gasteiger partial charge in [-0.1, -0.05) is 24.3 Å². The molecule has 1 saturated carbocycles. The molecule has 1 fully saturated rings. The highest BCUT2D eigenvalue weighted by Crippen LogP contribution is 2.40. The van der Waals surface area contributed by atoms with E-state index in [9.17, 15) is 4.79 Å². The molecule has 0 saturated heterocycles. The topological polar surface area (TPSA) is 55.1 Å². The molecule has 1 aromatic carbocycles. The van der Waals surface area contributed by atoms with E-state index in [0.29, 0.717) is 24.3 Å². The molecule has 0 aliphatic heterocycles. The Balaban J connectivity index is 1.74. The van der Waals surface area contributed by atoms with E-state index in [0.717, 1.165) is 0 Å². The Kier molecular flexibility index (Phi) is 3.79. The molecule has 2 bridgehead atoms. The number of hydrogen-bond acceptors (Lipinski definition) is 2. The standard InChI is InChI=1S/C17H24N2O/c1-11(8-16(18)20)19-17-14-6-7-15(17)10-13-5-3-2-4-12(13)9-14/h2-5,11,14-15,17,19H,6-10H2,1H3,(H2,18,20). The van der Waals surface area contributed by atoms with Crippen molar-refractivity contribution < 1.29 is 4.79 Å². The summed E-state index contributed by atoms with van der Waals surface area (Å²) in [6.07, 6.45) is 5.39. The Bertz CT molecular complexity index is 467. The number of amides is 1. The highest BCUT2D eigenvalue weighted by Gasteiger charge is 2.39. The average Bonchev–Trinajstić information content (AvgIpc) is 2.65. The van der Waals surface area contributed by atoms with Gasteiger partial charge in [0, 0.05) is 18.5 Å². The first kappa shape index (κ1) is 13.6. The van der Waals surface area contributed by atoms with E-state index in [1.807, 2.05) is 0 Å². The molecule has 2 aliphatic carbocycles. The van der Waals surface area contributed by atoms with Crippen LogP contribution in [0.4, 0.5) is 0 Å². The molecule has 20 heavy (non-hydrogen) atoms. The van der Waals surface area contributed by atoms with Crippen LogP contribution in [0, 0.1) is 11.8 Å². The van der Waals surface area contributed by atoms with Crippen molar-refractivity contribution in [2.45, 2.75) is 51.1 Å². The summed E-state index contributed by atoms with van der Waals surface area (Å²) < 4.78 is 0. The fourth-order valence-corrected chi connectivity index (χ4v) is 4.11. The number of fused-ring (bicyclic) bond motifs is 3. The van der Waals surface area contributed by atoms with Crippen LogP contribution in [0.1, 0.15) is 37.3 Å². The van der Waals surface area contributed by atoms with Gasteiger partial charge < -0.3 is 11.1 Å². The smallest absolute Gasteiger partial charge is 0.218 e. The van der Waals surface area contributed by atoms with Crippen molar-refractivity contribution in [3.05, 3.63) is 35.4 Å². The van der Waals surface area contributed by atoms with Crippen molar-refractivity contribution in [2.75, 3.05) is 0 Å². The summed E-state index contributed by atoms with van der Waals surface area (Å²) in [6.45, 7) is 2.07. The highest BCUT2D eigenvalue weighted by molar-refractivity contribution is 5.74. The van der Waals surface area contributed by atoms with Gasteiger partial charge >= 0.3 is 0 Å². The maximum Gasteiger partial charge on any atom is 0.218 e. The zero-order valence-corrected chi connectivity index (χ0v) is 12.1. The largest absolute Gasteiger partial charge is 0.370 e. The van der Waals surface area contributed by atoms with Crippen molar-refractivity contribution in [3.8, 4) is 0 Å². The summed E-state index contributed by atoms with van der Waals surface area (Å²) >= 11 is 0. The zero-order chi connectivity index (χ0) is 14.1. The molecule has 108 valence electrons. The molecule has 1 amide bonds. The third-order valence-electron chi connectivity index (χ3n) is 4.99. The molecule has 0 radical (unpaired) electrons. The van der Waals surface area contributed by atoms with E-state index in [4.69, 9.17) is 5.73 Å². The molecule has 0 spiro atoms. The van der Waals surface area contributed by atoms with Gasteiger partial charge in [-0.05, 0) is 55.6 Å². The minimum absolute atomic E-state index is 0.182. The predicted molar refractivity (Wildman–Crippen MR) is 80.3 cm³/mol. The Hall–Kier alpha value is -1.35. The summed E-state index contributed by atoms with van der Waals surface area (Å²) in [5.41, 5.74) is 8.35. The van der Waals surface area contributed by atoms with Crippen molar-refractivity contribution in [1.82, 2.24) is 5.32 Å². The number of primary amides is 1. The number of rotatable bonds is 4. The number of carbonyl (C=O) groups excluding carboxylic acids is 1. The lowest BCUT2D eigenvalue weighted by Crippen LogP contribution is -2.44.